The maximum Gasteiger partial charge on any atom is 0.323 e. The van der Waals surface area contributed by atoms with Crippen LogP contribution in [0.3, 0.4) is 0 Å². The molecule has 8 nitrogen and oxygen atoms in total. The van der Waals surface area contributed by atoms with Crippen molar-refractivity contribution < 1.29 is 27.9 Å². The van der Waals surface area contributed by atoms with Gasteiger partial charge in [-0.05, 0) is 18.2 Å². The SMILES string of the molecule is CS(=O)(=O)c1cccc(C(=O)N(CC(N)=O)CC(=O)O)c1. The molecule has 1 rings (SSSR count). The van der Waals surface area contributed by atoms with Gasteiger partial charge in [0.25, 0.3) is 5.91 Å². The van der Waals surface area contributed by atoms with Crippen LogP contribution in [0.25, 0.3) is 0 Å². The van der Waals surface area contributed by atoms with Gasteiger partial charge in [-0.3, -0.25) is 14.4 Å². The monoisotopic (exact) mass is 314 g/mol. The summed E-state index contributed by atoms with van der Waals surface area (Å²) in [5.74, 6) is -2.98. The van der Waals surface area contributed by atoms with Crippen LogP contribution in [-0.4, -0.2) is 55.6 Å². The fourth-order valence-corrected chi connectivity index (χ4v) is 2.26. The molecule has 0 aliphatic rings. The zero-order chi connectivity index (χ0) is 16.2. The Hall–Kier alpha value is -2.42. The normalized spacial score (nSPS) is 10.9. The quantitative estimate of drug-likeness (QED) is 0.698. The molecule has 0 aliphatic carbocycles. The lowest BCUT2D eigenvalue weighted by Crippen LogP contribution is -2.41. The maximum atomic E-state index is 12.2. The van der Waals surface area contributed by atoms with Gasteiger partial charge in [0.15, 0.2) is 9.84 Å². The van der Waals surface area contributed by atoms with Crippen LogP contribution in [-0.2, 0) is 19.4 Å². The molecule has 21 heavy (non-hydrogen) atoms. The van der Waals surface area contributed by atoms with Crippen LogP contribution >= 0.6 is 0 Å². The van der Waals surface area contributed by atoms with Crippen LogP contribution in [0.4, 0.5) is 0 Å². The van der Waals surface area contributed by atoms with Crippen molar-refractivity contribution in [2.75, 3.05) is 19.3 Å². The van der Waals surface area contributed by atoms with Gasteiger partial charge in [0.05, 0.1) is 4.90 Å². The van der Waals surface area contributed by atoms with E-state index in [1.54, 1.807) is 0 Å². The molecule has 0 fully saturated rings. The predicted molar refractivity (Wildman–Crippen MR) is 72.3 cm³/mol. The molecule has 0 heterocycles. The minimum absolute atomic E-state index is 0.0413. The molecule has 1 aromatic rings. The molecule has 0 saturated heterocycles. The fraction of sp³-hybridized carbons (Fsp3) is 0.250. The first-order valence-corrected chi connectivity index (χ1v) is 7.60. The van der Waals surface area contributed by atoms with Gasteiger partial charge in [0.1, 0.15) is 13.1 Å². The van der Waals surface area contributed by atoms with Crippen molar-refractivity contribution in [2.24, 2.45) is 5.73 Å². The Bertz CT molecular complexity index is 667. The third-order valence-electron chi connectivity index (χ3n) is 2.47. The highest BCUT2D eigenvalue weighted by Gasteiger charge is 2.21. The molecule has 0 saturated carbocycles. The van der Waals surface area contributed by atoms with E-state index in [0.717, 1.165) is 17.2 Å². The fourth-order valence-electron chi connectivity index (χ4n) is 1.59. The number of sulfone groups is 1. The Kier molecular flexibility index (Phi) is 5.03. The Morgan fingerprint density at radius 3 is 2.33 bits per heavy atom. The molecular weight excluding hydrogens is 300 g/mol. The zero-order valence-corrected chi connectivity index (χ0v) is 12.0. The lowest BCUT2D eigenvalue weighted by molar-refractivity contribution is -0.138. The van der Waals surface area contributed by atoms with Crippen LogP contribution in [0.5, 0.6) is 0 Å². The first-order valence-electron chi connectivity index (χ1n) is 5.70. The van der Waals surface area contributed by atoms with Crippen molar-refractivity contribution >= 4 is 27.6 Å². The van der Waals surface area contributed by atoms with Gasteiger partial charge in [-0.1, -0.05) is 6.07 Å². The molecule has 114 valence electrons. The van der Waals surface area contributed by atoms with Gasteiger partial charge in [-0.2, -0.15) is 0 Å². The minimum atomic E-state index is -3.51. The summed E-state index contributed by atoms with van der Waals surface area (Å²) in [7, 11) is -3.51. The van der Waals surface area contributed by atoms with E-state index in [1.807, 2.05) is 0 Å². The second-order valence-electron chi connectivity index (χ2n) is 4.32. The molecule has 0 aromatic heterocycles. The van der Waals surface area contributed by atoms with Crippen LogP contribution < -0.4 is 5.73 Å². The highest BCUT2D eigenvalue weighted by molar-refractivity contribution is 7.90. The number of hydrogen-bond donors (Lipinski definition) is 2. The summed E-state index contributed by atoms with van der Waals surface area (Å²) in [5, 5.41) is 8.73. The van der Waals surface area contributed by atoms with E-state index in [-0.39, 0.29) is 10.5 Å². The Balaban J connectivity index is 3.14. The highest BCUT2D eigenvalue weighted by Crippen LogP contribution is 2.13. The first kappa shape index (κ1) is 16.6. The van der Waals surface area contributed by atoms with Crippen LogP contribution in [0.15, 0.2) is 29.2 Å². The van der Waals surface area contributed by atoms with Gasteiger partial charge >= 0.3 is 5.97 Å². The van der Waals surface area contributed by atoms with Gasteiger partial charge in [0.2, 0.25) is 5.91 Å². The van der Waals surface area contributed by atoms with E-state index in [9.17, 15) is 22.8 Å². The van der Waals surface area contributed by atoms with Crippen molar-refractivity contribution in [2.45, 2.75) is 4.90 Å². The molecule has 0 atom stereocenters. The molecule has 3 N–H and O–H groups in total. The van der Waals surface area contributed by atoms with Crippen LogP contribution in [0.2, 0.25) is 0 Å². The molecule has 0 unspecified atom stereocenters. The number of rotatable bonds is 6. The van der Waals surface area contributed by atoms with Gasteiger partial charge in [-0.25, -0.2) is 8.42 Å². The van der Waals surface area contributed by atoms with E-state index in [2.05, 4.69) is 0 Å². The number of benzene rings is 1. The first-order chi connectivity index (χ1) is 9.61. The number of aliphatic carboxylic acids is 1. The smallest absolute Gasteiger partial charge is 0.323 e. The second-order valence-corrected chi connectivity index (χ2v) is 6.34. The molecule has 0 aliphatic heterocycles. The highest BCUT2D eigenvalue weighted by atomic mass is 32.2. The van der Waals surface area contributed by atoms with E-state index < -0.39 is 40.7 Å². The van der Waals surface area contributed by atoms with Crippen LogP contribution in [0, 0.1) is 0 Å². The Morgan fingerprint density at radius 2 is 1.86 bits per heavy atom. The average Bonchev–Trinajstić information content (AvgIpc) is 2.35. The summed E-state index contributed by atoms with van der Waals surface area (Å²) in [6.07, 6.45) is 0.981. The third kappa shape index (κ3) is 4.88. The predicted octanol–water partition coefficient (Wildman–Crippen LogP) is -0.898. The number of primary amides is 1. The number of amides is 2. The molecular formula is C12H14N2O6S. The summed E-state index contributed by atoms with van der Waals surface area (Å²) >= 11 is 0. The summed E-state index contributed by atoms with van der Waals surface area (Å²) < 4.78 is 22.9. The standard InChI is InChI=1S/C12H14N2O6S/c1-21(19,20)9-4-2-3-8(5-9)12(18)14(6-10(13)15)7-11(16)17/h2-5H,6-7H2,1H3,(H2,13,15)(H,16,17). The topological polar surface area (TPSA) is 135 Å². The van der Waals surface area contributed by atoms with E-state index in [4.69, 9.17) is 10.8 Å². The number of carboxylic acids is 1. The molecule has 0 bridgehead atoms. The molecule has 2 amide bonds. The molecule has 1 aromatic carbocycles. The number of hydrogen-bond acceptors (Lipinski definition) is 5. The van der Waals surface area contributed by atoms with Gasteiger partial charge in [-0.15, -0.1) is 0 Å². The molecule has 9 heteroatoms. The molecule has 0 spiro atoms. The number of carboxylic acid groups (broad SMARTS) is 1. The summed E-state index contributed by atoms with van der Waals surface area (Å²) in [4.78, 5) is 34.4. The summed E-state index contributed by atoms with van der Waals surface area (Å²) in [5.41, 5.74) is 4.92. The molecule has 0 radical (unpaired) electrons. The van der Waals surface area contributed by atoms with Gasteiger partial charge in [0, 0.05) is 11.8 Å². The summed E-state index contributed by atoms with van der Waals surface area (Å²) in [6, 6.07) is 5.11. The maximum absolute atomic E-state index is 12.2. The van der Waals surface area contributed by atoms with Crippen molar-refractivity contribution in [1.29, 1.82) is 0 Å². The summed E-state index contributed by atoms with van der Waals surface area (Å²) in [6.45, 7) is -1.29. The number of carbonyl (C=O) groups excluding carboxylic acids is 2. The zero-order valence-electron chi connectivity index (χ0n) is 11.1. The van der Waals surface area contributed by atoms with Crippen LogP contribution in [0.1, 0.15) is 10.4 Å². The number of nitrogens with two attached hydrogens (primary N) is 1. The van der Waals surface area contributed by atoms with Crippen molar-refractivity contribution in [3.05, 3.63) is 29.8 Å². The van der Waals surface area contributed by atoms with E-state index >= 15 is 0 Å². The van der Waals surface area contributed by atoms with Crippen molar-refractivity contribution in [3.63, 3.8) is 0 Å². The largest absolute Gasteiger partial charge is 0.480 e. The Labute approximate surface area is 121 Å². The average molecular weight is 314 g/mol. The third-order valence-corrected chi connectivity index (χ3v) is 3.58. The lowest BCUT2D eigenvalue weighted by atomic mass is 10.2. The lowest BCUT2D eigenvalue weighted by Gasteiger charge is -2.19. The van der Waals surface area contributed by atoms with Crippen molar-refractivity contribution in [3.8, 4) is 0 Å². The van der Waals surface area contributed by atoms with E-state index in [1.165, 1.54) is 18.2 Å². The second kappa shape index (κ2) is 6.35. The van der Waals surface area contributed by atoms with Crippen molar-refractivity contribution in [1.82, 2.24) is 4.90 Å². The minimum Gasteiger partial charge on any atom is -0.480 e. The number of nitrogens with zero attached hydrogens (tertiary/aromatic N) is 1. The van der Waals surface area contributed by atoms with Gasteiger partial charge < -0.3 is 15.7 Å². The van der Waals surface area contributed by atoms with E-state index in [0.29, 0.717) is 0 Å². The number of carbonyl (C=O) groups is 3. The Morgan fingerprint density at radius 1 is 1.24 bits per heavy atom.